The first kappa shape index (κ1) is 20.0. The first-order chi connectivity index (χ1) is 13.3. The van der Waals surface area contributed by atoms with Crippen LogP contribution < -0.4 is 5.32 Å². The van der Waals surface area contributed by atoms with Crippen LogP contribution in [-0.4, -0.2) is 50.8 Å². The number of nitrogens with zero attached hydrogens (tertiary/aromatic N) is 4. The number of benzene rings is 1. The lowest BCUT2D eigenvalue weighted by Gasteiger charge is -2.32. The molecule has 1 aliphatic rings. The minimum absolute atomic E-state index is 0.0551. The van der Waals surface area contributed by atoms with Crippen molar-refractivity contribution in [1.29, 1.82) is 0 Å². The number of amides is 2. The van der Waals surface area contributed by atoms with Crippen molar-refractivity contribution in [2.75, 3.05) is 13.1 Å². The molecule has 0 unspecified atom stereocenters. The Morgan fingerprint density at radius 3 is 2.39 bits per heavy atom. The molecule has 1 aliphatic heterocycles. The van der Waals surface area contributed by atoms with E-state index in [-0.39, 0.29) is 17.9 Å². The van der Waals surface area contributed by atoms with E-state index in [4.69, 9.17) is 0 Å². The van der Waals surface area contributed by atoms with Crippen molar-refractivity contribution in [2.45, 2.75) is 53.0 Å². The molecule has 0 spiro atoms. The maximum absolute atomic E-state index is 12.7. The molecular formula is C21H29N5O2. The SMILES string of the molecule is Cc1ccc(-n2nnc(C(=O)NC3CCN(C(=O)CC(C)C)CC3)c2C)cc1. The Hall–Kier alpha value is -2.70. The van der Waals surface area contributed by atoms with Crippen molar-refractivity contribution in [2.24, 2.45) is 5.92 Å². The standard InChI is InChI=1S/C21H29N5O2/c1-14(2)13-19(27)25-11-9-17(10-12-25)22-21(28)20-16(4)26(24-23-20)18-7-5-15(3)6-8-18/h5-8,14,17H,9-13H2,1-4H3,(H,22,28). The van der Waals surface area contributed by atoms with Gasteiger partial charge in [0.15, 0.2) is 5.69 Å². The highest BCUT2D eigenvalue weighted by atomic mass is 16.2. The van der Waals surface area contributed by atoms with E-state index in [0.29, 0.717) is 36.8 Å². The molecule has 1 N–H and O–H groups in total. The summed E-state index contributed by atoms with van der Waals surface area (Å²) in [5, 5.41) is 11.3. The molecule has 0 bridgehead atoms. The summed E-state index contributed by atoms with van der Waals surface area (Å²) in [7, 11) is 0. The Morgan fingerprint density at radius 2 is 1.79 bits per heavy atom. The Labute approximate surface area is 166 Å². The molecule has 7 heteroatoms. The van der Waals surface area contributed by atoms with Gasteiger partial charge in [-0.15, -0.1) is 5.10 Å². The number of carbonyl (C=O) groups excluding carboxylic acids is 2. The van der Waals surface area contributed by atoms with Gasteiger partial charge in [0.1, 0.15) is 0 Å². The van der Waals surface area contributed by atoms with E-state index in [1.807, 2.05) is 43.0 Å². The van der Waals surface area contributed by atoms with Crippen LogP contribution in [0, 0.1) is 19.8 Å². The van der Waals surface area contributed by atoms with Gasteiger partial charge in [-0.05, 0) is 44.7 Å². The first-order valence-electron chi connectivity index (χ1n) is 9.93. The predicted octanol–water partition coefficient (Wildman–Crippen LogP) is 2.65. The van der Waals surface area contributed by atoms with Crippen LogP contribution in [0.4, 0.5) is 0 Å². The lowest BCUT2D eigenvalue weighted by Crippen LogP contribution is -2.46. The summed E-state index contributed by atoms with van der Waals surface area (Å²) in [6, 6.07) is 7.99. The number of hydrogen-bond donors (Lipinski definition) is 1. The summed E-state index contributed by atoms with van der Waals surface area (Å²) in [6.45, 7) is 9.35. The van der Waals surface area contributed by atoms with Gasteiger partial charge in [-0.3, -0.25) is 9.59 Å². The second-order valence-corrected chi connectivity index (χ2v) is 8.00. The molecule has 3 rings (SSSR count). The summed E-state index contributed by atoms with van der Waals surface area (Å²) >= 11 is 0. The third-order valence-corrected chi connectivity index (χ3v) is 5.15. The largest absolute Gasteiger partial charge is 0.348 e. The fraction of sp³-hybridized carbons (Fsp3) is 0.524. The van der Waals surface area contributed by atoms with Crippen LogP contribution in [0.15, 0.2) is 24.3 Å². The number of hydrogen-bond acceptors (Lipinski definition) is 4. The van der Waals surface area contributed by atoms with Crippen molar-refractivity contribution >= 4 is 11.8 Å². The van der Waals surface area contributed by atoms with Crippen LogP contribution in [0.2, 0.25) is 0 Å². The normalized spacial score (nSPS) is 15.1. The van der Waals surface area contributed by atoms with Gasteiger partial charge in [-0.2, -0.15) is 0 Å². The lowest BCUT2D eigenvalue weighted by molar-refractivity contribution is -0.133. The van der Waals surface area contributed by atoms with Gasteiger partial charge in [-0.1, -0.05) is 36.8 Å². The monoisotopic (exact) mass is 383 g/mol. The Kier molecular flexibility index (Phi) is 6.11. The third-order valence-electron chi connectivity index (χ3n) is 5.15. The molecule has 7 nitrogen and oxygen atoms in total. The number of carbonyl (C=O) groups is 2. The van der Waals surface area contributed by atoms with Crippen LogP contribution in [0.5, 0.6) is 0 Å². The Morgan fingerprint density at radius 1 is 1.14 bits per heavy atom. The summed E-state index contributed by atoms with van der Waals surface area (Å²) in [4.78, 5) is 26.8. The third kappa shape index (κ3) is 4.58. The quantitative estimate of drug-likeness (QED) is 0.861. The maximum atomic E-state index is 12.7. The molecule has 0 radical (unpaired) electrons. The molecule has 28 heavy (non-hydrogen) atoms. The van der Waals surface area contributed by atoms with Crippen LogP contribution in [0.1, 0.15) is 54.9 Å². The van der Waals surface area contributed by atoms with Gasteiger partial charge < -0.3 is 10.2 Å². The predicted molar refractivity (Wildman–Crippen MR) is 107 cm³/mol. The first-order valence-corrected chi connectivity index (χ1v) is 9.93. The highest BCUT2D eigenvalue weighted by Gasteiger charge is 2.26. The number of likely N-dealkylation sites (tertiary alicyclic amines) is 1. The minimum atomic E-state index is -0.206. The van der Waals surface area contributed by atoms with E-state index in [9.17, 15) is 9.59 Å². The zero-order valence-corrected chi connectivity index (χ0v) is 17.1. The van der Waals surface area contributed by atoms with Crippen molar-refractivity contribution < 1.29 is 9.59 Å². The number of rotatable bonds is 5. The number of aryl methyl sites for hydroxylation is 1. The lowest BCUT2D eigenvalue weighted by atomic mass is 10.0. The average molecular weight is 383 g/mol. The molecule has 1 saturated heterocycles. The van der Waals surface area contributed by atoms with E-state index in [0.717, 1.165) is 24.1 Å². The highest BCUT2D eigenvalue weighted by Crippen LogP contribution is 2.16. The molecule has 2 amide bonds. The van der Waals surface area contributed by atoms with E-state index in [2.05, 4.69) is 29.5 Å². The van der Waals surface area contributed by atoms with Crippen molar-refractivity contribution in [3.8, 4) is 5.69 Å². The van der Waals surface area contributed by atoms with E-state index >= 15 is 0 Å². The van der Waals surface area contributed by atoms with Crippen LogP contribution in [0.25, 0.3) is 5.69 Å². The minimum Gasteiger partial charge on any atom is -0.348 e. The fourth-order valence-electron chi connectivity index (χ4n) is 3.48. The summed E-state index contributed by atoms with van der Waals surface area (Å²) in [5.74, 6) is 0.364. The van der Waals surface area contributed by atoms with Gasteiger partial charge in [-0.25, -0.2) is 4.68 Å². The highest BCUT2D eigenvalue weighted by molar-refractivity contribution is 5.93. The summed E-state index contributed by atoms with van der Waals surface area (Å²) in [6.07, 6.45) is 2.11. The van der Waals surface area contributed by atoms with Gasteiger partial charge in [0.2, 0.25) is 5.91 Å². The van der Waals surface area contributed by atoms with Crippen LogP contribution >= 0.6 is 0 Å². The van der Waals surface area contributed by atoms with Crippen molar-refractivity contribution in [3.63, 3.8) is 0 Å². The Balaban J connectivity index is 1.59. The molecule has 150 valence electrons. The topological polar surface area (TPSA) is 80.1 Å². The molecular weight excluding hydrogens is 354 g/mol. The molecule has 2 aromatic rings. The number of aromatic nitrogens is 3. The van der Waals surface area contributed by atoms with E-state index in [1.54, 1.807) is 4.68 Å². The van der Waals surface area contributed by atoms with Crippen molar-refractivity contribution in [1.82, 2.24) is 25.2 Å². The molecule has 0 aliphatic carbocycles. The van der Waals surface area contributed by atoms with E-state index in [1.165, 1.54) is 0 Å². The van der Waals surface area contributed by atoms with Crippen LogP contribution in [0.3, 0.4) is 0 Å². The second-order valence-electron chi connectivity index (χ2n) is 8.00. The molecule has 2 heterocycles. The van der Waals surface area contributed by atoms with Gasteiger partial charge in [0.25, 0.3) is 5.91 Å². The smallest absolute Gasteiger partial charge is 0.273 e. The second kappa shape index (κ2) is 8.54. The summed E-state index contributed by atoms with van der Waals surface area (Å²) < 4.78 is 1.68. The fourth-order valence-corrected chi connectivity index (χ4v) is 3.48. The number of nitrogens with one attached hydrogen (secondary N) is 1. The van der Waals surface area contributed by atoms with Gasteiger partial charge >= 0.3 is 0 Å². The Bertz CT molecular complexity index is 833. The maximum Gasteiger partial charge on any atom is 0.273 e. The van der Waals surface area contributed by atoms with E-state index < -0.39 is 0 Å². The molecule has 1 aromatic carbocycles. The summed E-state index contributed by atoms with van der Waals surface area (Å²) in [5.41, 5.74) is 3.11. The van der Waals surface area contributed by atoms with Gasteiger partial charge in [0, 0.05) is 25.6 Å². The average Bonchev–Trinajstić information content (AvgIpc) is 3.04. The molecule has 0 saturated carbocycles. The van der Waals surface area contributed by atoms with Crippen molar-refractivity contribution in [3.05, 3.63) is 41.2 Å². The zero-order valence-electron chi connectivity index (χ0n) is 17.1. The zero-order chi connectivity index (χ0) is 20.3. The number of piperidine rings is 1. The molecule has 1 fully saturated rings. The van der Waals surface area contributed by atoms with Crippen LogP contribution in [-0.2, 0) is 4.79 Å². The molecule has 1 aromatic heterocycles. The van der Waals surface area contributed by atoms with Gasteiger partial charge in [0.05, 0.1) is 11.4 Å². The molecule has 0 atom stereocenters.